The molecule has 3 atom stereocenters. The lowest BCUT2D eigenvalue weighted by molar-refractivity contribution is -0.135. The molecule has 59 heavy (non-hydrogen) atoms. The molecule has 0 aliphatic carbocycles. The third kappa shape index (κ3) is 8.84. The smallest absolute Gasteiger partial charge is 0.242 e. The van der Waals surface area contributed by atoms with Crippen molar-refractivity contribution in [1.82, 2.24) is 10.6 Å². The van der Waals surface area contributed by atoms with Crippen LogP contribution in [0.5, 0.6) is 0 Å². The van der Waals surface area contributed by atoms with Gasteiger partial charge in [0.25, 0.3) is 0 Å². The molecule has 6 heterocycles. The first-order chi connectivity index (χ1) is 28.6. The third-order valence-electron chi connectivity index (χ3n) is 11.1. The van der Waals surface area contributed by atoms with Crippen molar-refractivity contribution in [1.29, 1.82) is 0 Å². The molecule has 0 radical (unpaired) electrons. The number of halogens is 2. The molecule has 2 N–H and O–H groups in total. The van der Waals surface area contributed by atoms with Gasteiger partial charge in [0.2, 0.25) is 11.8 Å². The minimum Gasteiger partial charge on any atom is -0.378 e. The molecule has 4 aliphatic rings. The van der Waals surface area contributed by atoms with Gasteiger partial charge in [-0.1, -0.05) is 35.9 Å². The van der Waals surface area contributed by atoms with Gasteiger partial charge in [-0.2, -0.15) is 22.7 Å². The minimum atomic E-state index is -0.956. The van der Waals surface area contributed by atoms with Gasteiger partial charge < -0.3 is 29.9 Å². The molecule has 5 aromatic rings. The summed E-state index contributed by atoms with van der Waals surface area (Å²) in [6.45, 7) is 6.29. The van der Waals surface area contributed by atoms with E-state index in [9.17, 15) is 23.6 Å². The van der Waals surface area contributed by atoms with Crippen LogP contribution in [-0.2, 0) is 39.7 Å². The van der Waals surface area contributed by atoms with Gasteiger partial charge in [0.15, 0.2) is 5.78 Å². The molecule has 4 fully saturated rings. The maximum Gasteiger partial charge on any atom is 0.242 e. The number of hydrogen-bond acceptors (Lipinski definition) is 11. The summed E-state index contributed by atoms with van der Waals surface area (Å²) in [4.78, 5) is 56.0. The van der Waals surface area contributed by atoms with E-state index < -0.39 is 22.1 Å². The highest BCUT2D eigenvalue weighted by Gasteiger charge is 2.48. The summed E-state index contributed by atoms with van der Waals surface area (Å²) < 4.78 is 24.3. The largest absolute Gasteiger partial charge is 0.378 e. The quantitative estimate of drug-likeness (QED) is 0.157. The van der Waals surface area contributed by atoms with Crippen LogP contribution < -0.4 is 20.4 Å². The second-order valence-electron chi connectivity index (χ2n) is 14.8. The Kier molecular flexibility index (Phi) is 12.5. The average Bonchev–Trinajstić information content (AvgIpc) is 4.01. The molecule has 10 nitrogen and oxygen atoms in total. The van der Waals surface area contributed by atoms with Gasteiger partial charge in [-0.05, 0) is 98.4 Å². The highest BCUT2D eigenvalue weighted by molar-refractivity contribution is 8.01. The number of carbonyl (C=O) groups excluding carboxylic acids is 4. The van der Waals surface area contributed by atoms with E-state index in [1.807, 2.05) is 70.1 Å². The van der Waals surface area contributed by atoms with Crippen LogP contribution in [-0.4, -0.2) is 81.2 Å². The summed E-state index contributed by atoms with van der Waals surface area (Å²) in [7, 11) is 0. The minimum absolute atomic E-state index is 0.0211. The molecule has 0 spiro atoms. The summed E-state index contributed by atoms with van der Waals surface area (Å²) in [6, 6.07) is 24.1. The van der Waals surface area contributed by atoms with Crippen LogP contribution in [0.2, 0.25) is 5.02 Å². The maximum atomic E-state index is 13.4. The third-order valence-corrected chi connectivity index (χ3v) is 14.2. The number of thiophene rings is 2. The SMILES string of the molecule is O=C1CC(=O)NC(c2ccc(N3CCOCC3)cc2)(c2ccsc2)C1.O=C1CC(c2ccc(N3CCOCC3)cc2)(c2ccsc2)NC(=O)C1Sc1ccc(F)cc1Cl. The zero-order valence-corrected chi connectivity index (χ0v) is 35.2. The summed E-state index contributed by atoms with van der Waals surface area (Å²) in [5.74, 6) is -1.28. The Morgan fingerprint density at radius 2 is 1.20 bits per heavy atom. The van der Waals surface area contributed by atoms with Crippen molar-refractivity contribution in [2.75, 3.05) is 62.4 Å². The van der Waals surface area contributed by atoms with Gasteiger partial charge in [-0.15, -0.1) is 11.8 Å². The van der Waals surface area contributed by atoms with Gasteiger partial charge in [-0.25, -0.2) is 4.39 Å². The molecule has 306 valence electrons. The zero-order chi connectivity index (χ0) is 41.0. The fourth-order valence-electron chi connectivity index (χ4n) is 8.10. The van der Waals surface area contributed by atoms with Crippen LogP contribution in [0.15, 0.2) is 105 Å². The van der Waals surface area contributed by atoms with Crippen molar-refractivity contribution in [3.05, 3.63) is 133 Å². The van der Waals surface area contributed by atoms with Gasteiger partial charge in [0.1, 0.15) is 16.9 Å². The Morgan fingerprint density at radius 3 is 1.66 bits per heavy atom. The first-order valence-corrected chi connectivity index (χ1v) is 22.5. The van der Waals surface area contributed by atoms with E-state index in [0.29, 0.717) is 24.5 Å². The van der Waals surface area contributed by atoms with Crippen LogP contribution in [0.3, 0.4) is 0 Å². The Hall–Kier alpha value is -4.57. The number of morpholine rings is 2. The van der Waals surface area contributed by atoms with Crippen LogP contribution in [0.1, 0.15) is 41.5 Å². The molecule has 3 aromatic carbocycles. The van der Waals surface area contributed by atoms with Crippen LogP contribution in [0.4, 0.5) is 15.8 Å². The number of piperidine rings is 2. The lowest BCUT2D eigenvalue weighted by atomic mass is 9.77. The summed E-state index contributed by atoms with van der Waals surface area (Å²) in [6.07, 6.45) is 0.382. The number of carbonyl (C=O) groups is 4. The summed E-state index contributed by atoms with van der Waals surface area (Å²) >= 11 is 10.3. The second kappa shape index (κ2) is 18.0. The monoisotopic (exact) mass is 872 g/mol. The van der Waals surface area contributed by atoms with Crippen molar-refractivity contribution in [2.24, 2.45) is 0 Å². The number of Topliss-reactive ketones (excluding diaryl/α,β-unsaturated/α-hetero) is 2. The lowest BCUT2D eigenvalue weighted by Gasteiger charge is -2.40. The predicted molar refractivity (Wildman–Crippen MR) is 230 cm³/mol. The number of benzene rings is 3. The van der Waals surface area contributed by atoms with E-state index in [-0.39, 0.29) is 41.2 Å². The van der Waals surface area contributed by atoms with Crippen molar-refractivity contribution < 1.29 is 33.0 Å². The zero-order valence-electron chi connectivity index (χ0n) is 32.0. The number of amides is 2. The van der Waals surface area contributed by atoms with E-state index in [4.69, 9.17) is 21.1 Å². The fraction of sp³-hybridized carbons (Fsp3) is 0.318. The van der Waals surface area contributed by atoms with E-state index in [0.717, 1.165) is 84.8 Å². The topological polar surface area (TPSA) is 117 Å². The molecular formula is C44H42ClFN4O6S3. The molecule has 0 saturated carbocycles. The van der Waals surface area contributed by atoms with Crippen molar-refractivity contribution >= 4 is 80.8 Å². The van der Waals surface area contributed by atoms with E-state index in [1.54, 1.807) is 11.3 Å². The van der Waals surface area contributed by atoms with Crippen LogP contribution >= 0.6 is 46.0 Å². The number of ether oxygens (including phenoxy) is 2. The Morgan fingerprint density at radius 1 is 0.678 bits per heavy atom. The van der Waals surface area contributed by atoms with Crippen LogP contribution in [0.25, 0.3) is 0 Å². The fourth-order valence-corrected chi connectivity index (χ4v) is 10.8. The number of nitrogens with one attached hydrogen (secondary N) is 2. The van der Waals surface area contributed by atoms with Gasteiger partial charge >= 0.3 is 0 Å². The first-order valence-electron chi connectivity index (χ1n) is 19.3. The molecule has 4 aliphatic heterocycles. The molecular weight excluding hydrogens is 831 g/mol. The Balaban J connectivity index is 0.000000172. The van der Waals surface area contributed by atoms with Crippen molar-refractivity contribution in [3.8, 4) is 0 Å². The molecule has 0 bridgehead atoms. The van der Waals surface area contributed by atoms with E-state index in [1.165, 1.54) is 29.5 Å². The highest BCUT2D eigenvalue weighted by Crippen LogP contribution is 2.42. The normalized spacial score (nSPS) is 23.6. The van der Waals surface area contributed by atoms with E-state index in [2.05, 4.69) is 32.6 Å². The number of thioether (sulfide) groups is 1. The number of ketones is 2. The molecule has 3 unspecified atom stereocenters. The Bertz CT molecular complexity index is 2250. The maximum absolute atomic E-state index is 13.4. The van der Waals surface area contributed by atoms with E-state index >= 15 is 0 Å². The van der Waals surface area contributed by atoms with Crippen LogP contribution in [0, 0.1) is 5.82 Å². The number of anilines is 2. The summed E-state index contributed by atoms with van der Waals surface area (Å²) in [5, 5.41) is 13.4. The number of nitrogens with zero attached hydrogens (tertiary/aromatic N) is 2. The molecule has 4 saturated heterocycles. The second-order valence-corrected chi connectivity index (χ2v) is 17.9. The standard InChI is InChI=1S/C25H22ClFN2O3S2.C19H20N2O3S/c26-20-13-18(27)3-6-22(20)34-23-21(30)14-25(28-24(23)31,17-7-12-33-15-17)16-1-4-19(5-2-16)29-8-10-32-11-9-29;22-17-11-18(23)20-19(12-17,15-5-10-25-13-15)14-1-3-16(4-2-14)21-6-8-24-9-7-21/h1-7,12-13,15,23H,8-11,14H2,(H,28,31);1-5,10,13H,6-9,11-12H2,(H,20,23). The molecule has 15 heteroatoms. The van der Waals surface area contributed by atoms with Gasteiger partial charge in [0.05, 0.1) is 48.9 Å². The number of rotatable bonds is 8. The highest BCUT2D eigenvalue weighted by atomic mass is 35.5. The summed E-state index contributed by atoms with van der Waals surface area (Å²) in [5.41, 5.74) is 4.18. The first kappa shape index (κ1) is 41.2. The molecule has 2 amide bonds. The molecule has 2 aromatic heterocycles. The number of hydrogen-bond donors (Lipinski definition) is 2. The average molecular weight is 873 g/mol. The Labute approximate surface area is 359 Å². The lowest BCUT2D eigenvalue weighted by Crippen LogP contribution is -2.57. The molecule has 9 rings (SSSR count). The van der Waals surface area contributed by atoms with Crippen molar-refractivity contribution in [2.45, 2.75) is 40.5 Å². The van der Waals surface area contributed by atoms with Gasteiger partial charge in [0, 0.05) is 55.3 Å². The van der Waals surface area contributed by atoms with Gasteiger partial charge in [-0.3, -0.25) is 19.2 Å². The predicted octanol–water partition coefficient (Wildman–Crippen LogP) is 7.18. The van der Waals surface area contributed by atoms with Crippen molar-refractivity contribution in [3.63, 3.8) is 0 Å².